The maximum absolute atomic E-state index is 12.5. The van der Waals surface area contributed by atoms with E-state index < -0.39 is 0 Å². The number of hydrogen-bond acceptors (Lipinski definition) is 5. The number of amides is 1. The van der Waals surface area contributed by atoms with Gasteiger partial charge in [-0.1, -0.05) is 30.0 Å². The van der Waals surface area contributed by atoms with E-state index in [0.29, 0.717) is 17.6 Å². The Morgan fingerprint density at radius 3 is 2.37 bits per heavy atom. The van der Waals surface area contributed by atoms with Crippen molar-refractivity contribution in [3.63, 3.8) is 0 Å². The van der Waals surface area contributed by atoms with Crippen LogP contribution in [-0.4, -0.2) is 26.4 Å². The number of anilines is 1. The molecule has 1 N–H and O–H groups in total. The summed E-state index contributed by atoms with van der Waals surface area (Å²) in [6.07, 6.45) is 0. The molecule has 6 nitrogen and oxygen atoms in total. The molecule has 0 saturated heterocycles. The molecule has 1 heterocycles. The van der Waals surface area contributed by atoms with E-state index in [1.807, 2.05) is 57.5 Å². The number of benzene rings is 2. The number of para-hydroxylation sites is 1. The third-order valence-corrected chi connectivity index (χ3v) is 6.42. The van der Waals surface area contributed by atoms with Crippen LogP contribution in [0.4, 0.5) is 5.69 Å². The van der Waals surface area contributed by atoms with Gasteiger partial charge >= 0.3 is 0 Å². The van der Waals surface area contributed by atoms with Crippen LogP contribution in [0.25, 0.3) is 0 Å². The lowest BCUT2D eigenvalue weighted by molar-refractivity contribution is -0.113. The second-order valence-electron chi connectivity index (χ2n) is 7.22. The fraction of sp³-hybridized carbons (Fsp3) is 0.318. The lowest BCUT2D eigenvalue weighted by Crippen LogP contribution is -2.16. The van der Waals surface area contributed by atoms with Crippen LogP contribution in [0.2, 0.25) is 0 Å². The lowest BCUT2D eigenvalue weighted by Gasteiger charge is -2.12. The van der Waals surface area contributed by atoms with E-state index in [2.05, 4.69) is 50.2 Å². The number of rotatable bonds is 7. The van der Waals surface area contributed by atoms with Crippen molar-refractivity contribution in [2.24, 2.45) is 7.05 Å². The Kier molecular flexibility index (Phi) is 7.41. The zero-order valence-corrected chi connectivity index (χ0v) is 20.7. The van der Waals surface area contributed by atoms with Gasteiger partial charge in [0.15, 0.2) is 11.0 Å². The van der Waals surface area contributed by atoms with Gasteiger partial charge in [0.1, 0.15) is 12.4 Å². The minimum Gasteiger partial charge on any atom is -0.485 e. The second kappa shape index (κ2) is 9.82. The molecule has 0 unspecified atom stereocenters. The molecule has 0 bridgehead atoms. The number of ether oxygens (including phenoxy) is 1. The van der Waals surface area contributed by atoms with E-state index >= 15 is 0 Å². The Balaban J connectivity index is 1.59. The monoisotopic (exact) mass is 536 g/mol. The molecular weight excluding hydrogens is 511 g/mol. The molecule has 2 aromatic carbocycles. The first kappa shape index (κ1) is 22.6. The van der Waals surface area contributed by atoms with Gasteiger partial charge in [0.05, 0.1) is 5.75 Å². The van der Waals surface area contributed by atoms with Crippen molar-refractivity contribution in [1.29, 1.82) is 0 Å². The minimum absolute atomic E-state index is 0.0660. The van der Waals surface area contributed by atoms with E-state index in [9.17, 15) is 4.79 Å². The Labute approximate surface area is 195 Å². The summed E-state index contributed by atoms with van der Waals surface area (Å²) in [5, 5.41) is 12.1. The molecule has 0 atom stereocenters. The first-order valence-corrected chi connectivity index (χ1v) is 11.6. The summed E-state index contributed by atoms with van der Waals surface area (Å²) < 4.78 is 9.00. The molecular formula is C22H25IN4O2S. The number of nitrogens with one attached hydrogen (secondary N) is 1. The number of aryl methyl sites for hydroxylation is 4. The summed E-state index contributed by atoms with van der Waals surface area (Å²) in [5.41, 5.74) is 5.17. The molecule has 0 aliphatic heterocycles. The number of thioether (sulfide) groups is 1. The number of nitrogens with zero attached hydrogens (tertiary/aromatic N) is 3. The highest BCUT2D eigenvalue weighted by Gasteiger charge is 2.14. The molecule has 0 aliphatic rings. The summed E-state index contributed by atoms with van der Waals surface area (Å²) in [7, 11) is 1.89. The van der Waals surface area contributed by atoms with Crippen LogP contribution in [0.3, 0.4) is 0 Å². The van der Waals surface area contributed by atoms with Crippen molar-refractivity contribution in [3.05, 3.63) is 62.0 Å². The van der Waals surface area contributed by atoms with E-state index in [0.717, 1.165) is 37.3 Å². The quantitative estimate of drug-likeness (QED) is 0.342. The molecule has 8 heteroatoms. The van der Waals surface area contributed by atoms with Gasteiger partial charge in [-0.25, -0.2) is 0 Å². The largest absolute Gasteiger partial charge is 0.485 e. The fourth-order valence-electron chi connectivity index (χ4n) is 3.17. The lowest BCUT2D eigenvalue weighted by atomic mass is 10.1. The van der Waals surface area contributed by atoms with Crippen molar-refractivity contribution in [3.8, 4) is 5.75 Å². The maximum Gasteiger partial charge on any atom is 0.234 e. The molecule has 1 amide bonds. The van der Waals surface area contributed by atoms with E-state index in [4.69, 9.17) is 4.74 Å². The molecule has 158 valence electrons. The number of carbonyl (C=O) groups excluding carboxylic acids is 1. The summed E-state index contributed by atoms with van der Waals surface area (Å²) in [6, 6.07) is 10.2. The molecule has 30 heavy (non-hydrogen) atoms. The van der Waals surface area contributed by atoms with Crippen LogP contribution in [0.15, 0.2) is 35.5 Å². The number of aromatic nitrogens is 3. The molecule has 1 aromatic heterocycles. The topological polar surface area (TPSA) is 69.0 Å². The van der Waals surface area contributed by atoms with Crippen molar-refractivity contribution in [1.82, 2.24) is 14.8 Å². The van der Waals surface area contributed by atoms with Gasteiger partial charge in [0.2, 0.25) is 5.91 Å². The van der Waals surface area contributed by atoms with Gasteiger partial charge in [0, 0.05) is 16.3 Å². The standard InChI is InChI=1S/C22H25IN4O2S/c1-13-7-6-8-14(2)21(13)29-11-18-25-26-22(27(18)5)30-12-19(28)24-20-15(3)9-17(23)10-16(20)4/h6-10H,11-12H2,1-5H3,(H,24,28). The summed E-state index contributed by atoms with van der Waals surface area (Å²) >= 11 is 3.64. The van der Waals surface area contributed by atoms with Gasteiger partial charge in [-0.2, -0.15) is 0 Å². The average molecular weight is 536 g/mol. The summed E-state index contributed by atoms with van der Waals surface area (Å²) in [4.78, 5) is 12.5. The van der Waals surface area contributed by atoms with Crippen LogP contribution in [0.5, 0.6) is 5.75 Å². The van der Waals surface area contributed by atoms with Gasteiger partial charge in [0.25, 0.3) is 0 Å². The highest BCUT2D eigenvalue weighted by Crippen LogP contribution is 2.25. The van der Waals surface area contributed by atoms with Crippen LogP contribution < -0.4 is 10.1 Å². The normalized spacial score (nSPS) is 10.9. The maximum atomic E-state index is 12.5. The zero-order chi connectivity index (χ0) is 21.8. The van der Waals surface area contributed by atoms with E-state index in [-0.39, 0.29) is 11.7 Å². The predicted molar refractivity (Wildman–Crippen MR) is 129 cm³/mol. The molecule has 0 aliphatic carbocycles. The van der Waals surface area contributed by atoms with Gasteiger partial charge < -0.3 is 14.6 Å². The van der Waals surface area contributed by atoms with Crippen molar-refractivity contribution < 1.29 is 9.53 Å². The third-order valence-electron chi connectivity index (χ3n) is 4.77. The van der Waals surface area contributed by atoms with Crippen LogP contribution in [0, 0.1) is 31.3 Å². The number of carbonyl (C=O) groups is 1. The highest BCUT2D eigenvalue weighted by molar-refractivity contribution is 14.1. The minimum atomic E-state index is -0.0660. The number of hydrogen-bond donors (Lipinski definition) is 1. The molecule has 0 spiro atoms. The van der Waals surface area contributed by atoms with E-state index in [1.165, 1.54) is 11.8 Å². The Hall–Kier alpha value is -2.07. The first-order valence-electron chi connectivity index (χ1n) is 9.53. The predicted octanol–water partition coefficient (Wildman–Crippen LogP) is 4.96. The summed E-state index contributed by atoms with van der Waals surface area (Å²) in [5.74, 6) is 1.78. The molecule has 0 radical (unpaired) electrons. The summed E-state index contributed by atoms with van der Waals surface area (Å²) in [6.45, 7) is 8.38. The highest BCUT2D eigenvalue weighted by atomic mass is 127. The first-order chi connectivity index (χ1) is 14.3. The Bertz CT molecular complexity index is 1040. The fourth-order valence-corrected chi connectivity index (χ4v) is 4.84. The van der Waals surface area contributed by atoms with Gasteiger partial charge in [-0.05, 0) is 84.7 Å². The second-order valence-corrected chi connectivity index (χ2v) is 9.41. The zero-order valence-electron chi connectivity index (χ0n) is 17.7. The van der Waals surface area contributed by atoms with Crippen LogP contribution in [0.1, 0.15) is 28.1 Å². The molecule has 3 aromatic rings. The average Bonchev–Trinajstić information content (AvgIpc) is 3.02. The number of halogens is 1. The molecule has 3 rings (SSSR count). The Morgan fingerprint density at radius 1 is 1.10 bits per heavy atom. The Morgan fingerprint density at radius 2 is 1.73 bits per heavy atom. The smallest absolute Gasteiger partial charge is 0.234 e. The SMILES string of the molecule is Cc1cc(I)cc(C)c1NC(=O)CSc1nnc(COc2c(C)cccc2C)n1C. The van der Waals surface area contributed by atoms with Crippen molar-refractivity contribution in [2.45, 2.75) is 39.5 Å². The van der Waals surface area contributed by atoms with Crippen molar-refractivity contribution >= 4 is 45.9 Å². The van der Waals surface area contributed by atoms with E-state index in [1.54, 1.807) is 0 Å². The van der Waals surface area contributed by atoms with Crippen LogP contribution >= 0.6 is 34.4 Å². The molecule has 0 fully saturated rings. The van der Waals surface area contributed by atoms with Crippen molar-refractivity contribution in [2.75, 3.05) is 11.1 Å². The van der Waals surface area contributed by atoms with Crippen LogP contribution in [-0.2, 0) is 18.4 Å². The third kappa shape index (κ3) is 5.34. The van der Waals surface area contributed by atoms with Gasteiger partial charge in [-0.15, -0.1) is 10.2 Å². The molecule has 0 saturated carbocycles. The van der Waals surface area contributed by atoms with Gasteiger partial charge in [-0.3, -0.25) is 4.79 Å².